The first-order valence-corrected chi connectivity index (χ1v) is 11.5. The van der Waals surface area contributed by atoms with E-state index in [9.17, 15) is 14.4 Å². The minimum Gasteiger partial charge on any atom is -0.318 e. The second-order valence-electron chi connectivity index (χ2n) is 8.50. The van der Waals surface area contributed by atoms with Gasteiger partial charge in [0.05, 0.1) is 5.69 Å². The first-order chi connectivity index (χ1) is 16.2. The third-order valence-corrected chi connectivity index (χ3v) is 6.54. The number of aromatic nitrogens is 1. The van der Waals surface area contributed by atoms with Gasteiger partial charge in [-0.1, -0.05) is 37.6 Å². The molecule has 174 valence electrons. The van der Waals surface area contributed by atoms with Crippen LogP contribution in [0.5, 0.6) is 0 Å². The van der Waals surface area contributed by atoms with Crippen LogP contribution in [0.15, 0.2) is 60.2 Å². The van der Waals surface area contributed by atoms with E-state index in [0.29, 0.717) is 22.2 Å². The molecule has 1 aliphatic heterocycles. The number of benzene rings is 2. The molecule has 1 saturated heterocycles. The highest BCUT2D eigenvalue weighted by molar-refractivity contribution is 6.39. The third-order valence-electron chi connectivity index (χ3n) is 6.29. The maximum absolute atomic E-state index is 13.3. The minimum atomic E-state index is -0.755. The second kappa shape index (κ2) is 9.31. The van der Waals surface area contributed by atoms with Crippen LogP contribution in [-0.4, -0.2) is 22.4 Å². The number of hydrogen-bond acceptors (Lipinski definition) is 3. The average Bonchev–Trinajstić information content (AvgIpc) is 3.09. The van der Waals surface area contributed by atoms with Crippen molar-refractivity contribution in [2.75, 3.05) is 4.90 Å². The van der Waals surface area contributed by atoms with Crippen molar-refractivity contribution in [3.05, 3.63) is 87.7 Å². The Hall–Kier alpha value is -3.64. The molecule has 1 atom stereocenters. The summed E-state index contributed by atoms with van der Waals surface area (Å²) in [4.78, 5) is 39.5. The number of rotatable bonds is 5. The highest BCUT2D eigenvalue weighted by Gasteiger charge is 2.37. The van der Waals surface area contributed by atoms with Crippen LogP contribution in [0.4, 0.5) is 10.5 Å². The standard InChI is InChI=1S/C27H26ClN3O3/c1-5-16(2)19-6-10-23(11-7-19)31-26(33)24(25(32)29-27(31)34)15-20-14-17(3)30(18(20)4)22-12-8-21(28)9-13-22/h6-16H,5H2,1-4H3,(H,29,32,34)/b24-15-/t16-/m1/s1. The Labute approximate surface area is 203 Å². The zero-order valence-electron chi connectivity index (χ0n) is 19.6. The lowest BCUT2D eigenvalue weighted by Gasteiger charge is -2.26. The zero-order chi connectivity index (χ0) is 24.6. The summed E-state index contributed by atoms with van der Waals surface area (Å²) < 4.78 is 2.02. The van der Waals surface area contributed by atoms with Gasteiger partial charge in [0.25, 0.3) is 11.8 Å². The number of imide groups is 2. The highest BCUT2D eigenvalue weighted by atomic mass is 35.5. The number of nitrogens with one attached hydrogen (secondary N) is 1. The lowest BCUT2D eigenvalue weighted by Crippen LogP contribution is -2.54. The molecule has 0 spiro atoms. The smallest absolute Gasteiger partial charge is 0.318 e. The van der Waals surface area contributed by atoms with Gasteiger partial charge in [0.2, 0.25) is 0 Å². The highest BCUT2D eigenvalue weighted by Crippen LogP contribution is 2.28. The summed E-state index contributed by atoms with van der Waals surface area (Å²) in [6, 6.07) is 15.9. The summed E-state index contributed by atoms with van der Waals surface area (Å²) in [6.07, 6.45) is 2.53. The second-order valence-corrected chi connectivity index (χ2v) is 8.93. The van der Waals surface area contributed by atoms with Gasteiger partial charge >= 0.3 is 6.03 Å². The predicted octanol–water partition coefficient (Wildman–Crippen LogP) is 5.93. The van der Waals surface area contributed by atoms with Crippen molar-refractivity contribution in [1.82, 2.24) is 9.88 Å². The van der Waals surface area contributed by atoms with E-state index in [1.165, 1.54) is 0 Å². The van der Waals surface area contributed by atoms with Crippen LogP contribution in [0.2, 0.25) is 5.02 Å². The molecule has 4 rings (SSSR count). The number of hydrogen-bond donors (Lipinski definition) is 1. The fourth-order valence-corrected chi connectivity index (χ4v) is 4.28. The Morgan fingerprint density at radius 3 is 2.21 bits per heavy atom. The SMILES string of the molecule is CC[C@@H](C)c1ccc(N2C(=O)NC(=O)/C(=C/c3cc(C)n(-c4ccc(Cl)cc4)c3C)C2=O)cc1. The zero-order valence-corrected chi connectivity index (χ0v) is 20.3. The molecule has 0 radical (unpaired) electrons. The molecule has 1 fully saturated rings. The van der Waals surface area contributed by atoms with Crippen LogP contribution in [0.1, 0.15) is 48.7 Å². The number of carbonyl (C=O) groups is 3. The molecule has 2 heterocycles. The Bertz CT molecular complexity index is 1300. The number of halogens is 1. The van der Waals surface area contributed by atoms with Crippen LogP contribution < -0.4 is 10.2 Å². The largest absolute Gasteiger partial charge is 0.335 e. The topological polar surface area (TPSA) is 71.4 Å². The minimum absolute atomic E-state index is 0.0954. The van der Waals surface area contributed by atoms with Crippen LogP contribution in [0.25, 0.3) is 11.8 Å². The van der Waals surface area contributed by atoms with Gasteiger partial charge in [-0.2, -0.15) is 0 Å². The van der Waals surface area contributed by atoms with Gasteiger partial charge in [0.1, 0.15) is 5.57 Å². The van der Waals surface area contributed by atoms with Gasteiger partial charge in [-0.3, -0.25) is 14.9 Å². The number of amides is 4. The maximum Gasteiger partial charge on any atom is 0.335 e. The van der Waals surface area contributed by atoms with E-state index in [1.54, 1.807) is 18.2 Å². The Kier molecular flexibility index (Phi) is 6.44. The number of aryl methyl sites for hydroxylation is 1. The van der Waals surface area contributed by atoms with E-state index in [0.717, 1.165) is 34.0 Å². The van der Waals surface area contributed by atoms with Gasteiger partial charge in [-0.25, -0.2) is 9.69 Å². The maximum atomic E-state index is 13.3. The summed E-state index contributed by atoms with van der Waals surface area (Å²) in [5.74, 6) is -0.993. The summed E-state index contributed by atoms with van der Waals surface area (Å²) in [6.45, 7) is 8.08. The number of barbiturate groups is 1. The van der Waals surface area contributed by atoms with Crippen LogP contribution in [0, 0.1) is 13.8 Å². The summed E-state index contributed by atoms with van der Waals surface area (Å²) in [5.41, 5.74) is 4.87. The first kappa shape index (κ1) is 23.5. The van der Waals surface area contributed by atoms with E-state index in [1.807, 2.05) is 60.9 Å². The molecule has 3 aromatic rings. The molecule has 34 heavy (non-hydrogen) atoms. The van der Waals surface area contributed by atoms with Crippen molar-refractivity contribution >= 4 is 41.2 Å². The molecule has 1 aromatic heterocycles. The first-order valence-electron chi connectivity index (χ1n) is 11.2. The predicted molar refractivity (Wildman–Crippen MR) is 134 cm³/mol. The summed E-state index contributed by atoms with van der Waals surface area (Å²) in [7, 11) is 0. The van der Waals surface area contributed by atoms with Crippen molar-refractivity contribution in [3.63, 3.8) is 0 Å². The summed E-state index contributed by atoms with van der Waals surface area (Å²) >= 11 is 6.02. The van der Waals surface area contributed by atoms with Gasteiger partial charge in [-0.15, -0.1) is 0 Å². The van der Waals surface area contributed by atoms with E-state index in [-0.39, 0.29) is 5.57 Å². The van der Waals surface area contributed by atoms with Gasteiger partial charge in [-0.05, 0) is 85.9 Å². The van der Waals surface area contributed by atoms with E-state index in [2.05, 4.69) is 19.2 Å². The van der Waals surface area contributed by atoms with Crippen molar-refractivity contribution in [1.29, 1.82) is 0 Å². The lowest BCUT2D eigenvalue weighted by atomic mass is 9.98. The number of urea groups is 1. The Morgan fingerprint density at radius 1 is 0.971 bits per heavy atom. The molecule has 2 aromatic carbocycles. The molecule has 0 bridgehead atoms. The number of carbonyl (C=O) groups excluding carboxylic acids is 3. The number of nitrogens with zero attached hydrogens (tertiary/aromatic N) is 2. The third kappa shape index (κ3) is 4.29. The van der Waals surface area contributed by atoms with Crippen LogP contribution in [-0.2, 0) is 9.59 Å². The Morgan fingerprint density at radius 2 is 1.59 bits per heavy atom. The molecular formula is C27H26ClN3O3. The van der Waals surface area contributed by atoms with Crippen molar-refractivity contribution in [3.8, 4) is 5.69 Å². The van der Waals surface area contributed by atoms with E-state index < -0.39 is 17.8 Å². The quantitative estimate of drug-likeness (QED) is 0.367. The molecule has 6 nitrogen and oxygen atoms in total. The van der Waals surface area contributed by atoms with Crippen LogP contribution >= 0.6 is 11.6 Å². The van der Waals surface area contributed by atoms with Crippen LogP contribution in [0.3, 0.4) is 0 Å². The van der Waals surface area contributed by atoms with Crippen molar-refractivity contribution < 1.29 is 14.4 Å². The molecule has 4 amide bonds. The summed E-state index contributed by atoms with van der Waals surface area (Å²) in [5, 5.41) is 2.93. The fourth-order valence-electron chi connectivity index (χ4n) is 4.16. The molecule has 1 aliphatic rings. The number of anilines is 1. The van der Waals surface area contributed by atoms with Gasteiger partial charge in [0, 0.05) is 22.1 Å². The Balaban J connectivity index is 1.70. The normalized spacial score (nSPS) is 16.2. The van der Waals surface area contributed by atoms with E-state index >= 15 is 0 Å². The van der Waals surface area contributed by atoms with Crippen molar-refractivity contribution in [2.24, 2.45) is 0 Å². The molecule has 0 aliphatic carbocycles. The average molecular weight is 476 g/mol. The monoisotopic (exact) mass is 475 g/mol. The molecular weight excluding hydrogens is 450 g/mol. The molecule has 0 saturated carbocycles. The van der Waals surface area contributed by atoms with E-state index in [4.69, 9.17) is 11.6 Å². The fraction of sp³-hybridized carbons (Fsp3) is 0.222. The lowest BCUT2D eigenvalue weighted by molar-refractivity contribution is -0.122. The molecule has 7 heteroatoms. The molecule has 0 unspecified atom stereocenters. The van der Waals surface area contributed by atoms with Gasteiger partial charge in [0.15, 0.2) is 0 Å². The van der Waals surface area contributed by atoms with Crippen molar-refractivity contribution in [2.45, 2.75) is 40.0 Å². The van der Waals surface area contributed by atoms with Gasteiger partial charge < -0.3 is 4.57 Å². The molecule has 1 N–H and O–H groups in total.